The van der Waals surface area contributed by atoms with Gasteiger partial charge in [-0.2, -0.15) is 0 Å². The summed E-state index contributed by atoms with van der Waals surface area (Å²) in [5.74, 6) is -0.306. The lowest BCUT2D eigenvalue weighted by Gasteiger charge is -2.11. The minimum atomic E-state index is -0.453. The smallest absolute Gasteiger partial charge is 0.308 e. The van der Waals surface area contributed by atoms with Crippen LogP contribution in [0, 0.1) is 16.0 Å². The second-order valence-corrected chi connectivity index (χ2v) is 4.93. The number of nitro groups is 1. The molecule has 0 N–H and O–H groups in total. The van der Waals surface area contributed by atoms with Crippen LogP contribution < -0.4 is 0 Å². The van der Waals surface area contributed by atoms with Crippen LogP contribution in [0.1, 0.15) is 45.1 Å². The summed E-state index contributed by atoms with van der Waals surface area (Å²) < 4.78 is 5.21. The Morgan fingerprint density at radius 3 is 2.50 bits per heavy atom. The number of benzene rings is 1. The average molecular weight is 279 g/mol. The average Bonchev–Trinajstić information content (AvgIpc) is 2.45. The van der Waals surface area contributed by atoms with E-state index in [1.165, 1.54) is 12.1 Å². The number of unbranched alkanes of at least 4 members (excludes halogenated alkanes) is 2. The van der Waals surface area contributed by atoms with Gasteiger partial charge in [-0.3, -0.25) is 14.9 Å². The quantitative estimate of drug-likeness (QED) is 0.313. The van der Waals surface area contributed by atoms with Crippen molar-refractivity contribution in [3.8, 4) is 0 Å². The Morgan fingerprint density at radius 2 is 1.95 bits per heavy atom. The third kappa shape index (κ3) is 5.38. The topological polar surface area (TPSA) is 69.4 Å². The SMILES string of the molecule is CCCCCC(C)C(=O)OCc1ccc([N+](=O)[O-])cc1. The van der Waals surface area contributed by atoms with Gasteiger partial charge >= 0.3 is 5.97 Å². The molecule has 0 saturated carbocycles. The molecule has 0 aliphatic rings. The Bertz CT molecular complexity index is 442. The highest BCUT2D eigenvalue weighted by molar-refractivity contribution is 5.71. The molecule has 1 atom stereocenters. The Labute approximate surface area is 119 Å². The minimum absolute atomic E-state index is 0.0352. The normalized spacial score (nSPS) is 11.9. The number of rotatable bonds is 8. The molecule has 1 rings (SSSR count). The van der Waals surface area contributed by atoms with Gasteiger partial charge in [-0.25, -0.2) is 0 Å². The van der Waals surface area contributed by atoms with Gasteiger partial charge in [-0.1, -0.05) is 33.1 Å². The maximum absolute atomic E-state index is 11.8. The van der Waals surface area contributed by atoms with Gasteiger partial charge in [-0.15, -0.1) is 0 Å². The van der Waals surface area contributed by atoms with Crippen molar-refractivity contribution in [3.05, 3.63) is 39.9 Å². The third-order valence-corrected chi connectivity index (χ3v) is 3.17. The summed E-state index contributed by atoms with van der Waals surface area (Å²) >= 11 is 0. The monoisotopic (exact) mass is 279 g/mol. The zero-order valence-electron chi connectivity index (χ0n) is 12.0. The first kappa shape index (κ1) is 16.1. The zero-order chi connectivity index (χ0) is 15.0. The van der Waals surface area contributed by atoms with Gasteiger partial charge < -0.3 is 4.74 Å². The van der Waals surface area contributed by atoms with Crippen LogP contribution in [0.25, 0.3) is 0 Å². The number of hydrogen-bond donors (Lipinski definition) is 0. The fourth-order valence-electron chi connectivity index (χ4n) is 1.83. The van der Waals surface area contributed by atoms with Crippen LogP contribution >= 0.6 is 0 Å². The molecule has 0 saturated heterocycles. The largest absolute Gasteiger partial charge is 0.461 e. The second-order valence-electron chi connectivity index (χ2n) is 4.93. The molecule has 0 aliphatic carbocycles. The molecular weight excluding hydrogens is 258 g/mol. The number of esters is 1. The van der Waals surface area contributed by atoms with E-state index in [1.807, 2.05) is 6.92 Å². The molecule has 1 unspecified atom stereocenters. The predicted octanol–water partition coefficient (Wildman–Crippen LogP) is 3.85. The fourth-order valence-corrected chi connectivity index (χ4v) is 1.83. The second kappa shape index (κ2) is 8.30. The Kier molecular flexibility index (Phi) is 6.70. The van der Waals surface area contributed by atoms with Crippen molar-refractivity contribution in [2.75, 3.05) is 0 Å². The summed E-state index contributed by atoms with van der Waals surface area (Å²) in [7, 11) is 0. The molecule has 0 aliphatic heterocycles. The lowest BCUT2D eigenvalue weighted by molar-refractivity contribution is -0.384. The van der Waals surface area contributed by atoms with Crippen molar-refractivity contribution in [1.29, 1.82) is 0 Å². The van der Waals surface area contributed by atoms with Gasteiger partial charge in [0, 0.05) is 12.1 Å². The Morgan fingerprint density at radius 1 is 1.30 bits per heavy atom. The first-order valence-electron chi connectivity index (χ1n) is 6.94. The van der Waals surface area contributed by atoms with E-state index in [9.17, 15) is 14.9 Å². The number of carbonyl (C=O) groups excluding carboxylic acids is 1. The molecule has 5 heteroatoms. The Hall–Kier alpha value is -1.91. The predicted molar refractivity (Wildman–Crippen MR) is 76.2 cm³/mol. The molecule has 0 amide bonds. The maximum Gasteiger partial charge on any atom is 0.308 e. The maximum atomic E-state index is 11.8. The van der Waals surface area contributed by atoms with Gasteiger partial charge in [0.2, 0.25) is 0 Å². The number of hydrogen-bond acceptors (Lipinski definition) is 4. The lowest BCUT2D eigenvalue weighted by atomic mass is 10.0. The van der Waals surface area contributed by atoms with Crippen molar-refractivity contribution in [1.82, 2.24) is 0 Å². The van der Waals surface area contributed by atoms with Crippen molar-refractivity contribution in [2.24, 2.45) is 5.92 Å². The lowest BCUT2D eigenvalue weighted by Crippen LogP contribution is -2.14. The summed E-state index contributed by atoms with van der Waals surface area (Å²) in [6, 6.07) is 6.03. The van der Waals surface area contributed by atoms with Crippen LogP contribution in [0.15, 0.2) is 24.3 Å². The van der Waals surface area contributed by atoms with Gasteiger partial charge in [0.05, 0.1) is 10.8 Å². The molecule has 5 nitrogen and oxygen atoms in total. The van der Waals surface area contributed by atoms with E-state index in [0.717, 1.165) is 31.2 Å². The first-order chi connectivity index (χ1) is 9.54. The molecule has 0 spiro atoms. The molecule has 0 aromatic heterocycles. The van der Waals surface area contributed by atoms with Crippen LogP contribution in [0.5, 0.6) is 0 Å². The van der Waals surface area contributed by atoms with Crippen LogP contribution in [0.4, 0.5) is 5.69 Å². The molecule has 110 valence electrons. The van der Waals surface area contributed by atoms with E-state index in [4.69, 9.17) is 4.74 Å². The standard InChI is InChI=1S/C15H21NO4/c1-3-4-5-6-12(2)15(17)20-11-13-7-9-14(10-8-13)16(18)19/h7-10,12H,3-6,11H2,1-2H3. The molecule has 20 heavy (non-hydrogen) atoms. The van der Waals surface area contributed by atoms with Gasteiger partial charge in [-0.05, 0) is 24.1 Å². The van der Waals surface area contributed by atoms with Crippen LogP contribution in [0.2, 0.25) is 0 Å². The molecular formula is C15H21NO4. The number of ether oxygens (including phenoxy) is 1. The van der Waals surface area contributed by atoms with Crippen LogP contribution in [-0.4, -0.2) is 10.9 Å². The van der Waals surface area contributed by atoms with Crippen molar-refractivity contribution < 1.29 is 14.5 Å². The van der Waals surface area contributed by atoms with E-state index in [2.05, 4.69) is 6.92 Å². The van der Waals surface area contributed by atoms with E-state index >= 15 is 0 Å². The summed E-state index contributed by atoms with van der Waals surface area (Å²) in [5, 5.41) is 10.5. The van der Waals surface area contributed by atoms with Gasteiger partial charge in [0.25, 0.3) is 5.69 Å². The van der Waals surface area contributed by atoms with Crippen LogP contribution in [-0.2, 0) is 16.1 Å². The molecule has 0 fully saturated rings. The highest BCUT2D eigenvalue weighted by Crippen LogP contribution is 2.15. The van der Waals surface area contributed by atoms with E-state index in [0.29, 0.717) is 0 Å². The van der Waals surface area contributed by atoms with E-state index in [-0.39, 0.29) is 24.2 Å². The Balaban J connectivity index is 2.38. The van der Waals surface area contributed by atoms with Crippen molar-refractivity contribution in [2.45, 2.75) is 46.1 Å². The summed E-state index contributed by atoms with van der Waals surface area (Å²) in [5.41, 5.74) is 0.790. The molecule has 0 heterocycles. The molecule has 1 aromatic carbocycles. The minimum Gasteiger partial charge on any atom is -0.461 e. The van der Waals surface area contributed by atoms with Gasteiger partial charge in [0.1, 0.15) is 6.61 Å². The number of nitro benzene ring substituents is 1. The fraction of sp³-hybridized carbons (Fsp3) is 0.533. The van der Waals surface area contributed by atoms with E-state index in [1.54, 1.807) is 12.1 Å². The molecule has 0 bridgehead atoms. The number of non-ortho nitro benzene ring substituents is 1. The highest BCUT2D eigenvalue weighted by Gasteiger charge is 2.14. The number of nitrogens with zero attached hydrogens (tertiary/aromatic N) is 1. The molecule has 0 radical (unpaired) electrons. The van der Waals surface area contributed by atoms with Gasteiger partial charge in [0.15, 0.2) is 0 Å². The zero-order valence-corrected chi connectivity index (χ0v) is 12.0. The van der Waals surface area contributed by atoms with Crippen molar-refractivity contribution in [3.63, 3.8) is 0 Å². The molecule has 1 aromatic rings. The van der Waals surface area contributed by atoms with Crippen LogP contribution in [0.3, 0.4) is 0 Å². The first-order valence-corrected chi connectivity index (χ1v) is 6.94. The van der Waals surface area contributed by atoms with Crippen molar-refractivity contribution >= 4 is 11.7 Å². The summed E-state index contributed by atoms with van der Waals surface area (Å²) in [6.07, 6.45) is 4.13. The summed E-state index contributed by atoms with van der Waals surface area (Å²) in [6.45, 7) is 4.15. The third-order valence-electron chi connectivity index (χ3n) is 3.17. The highest BCUT2D eigenvalue weighted by atomic mass is 16.6. The number of carbonyl (C=O) groups is 1. The van der Waals surface area contributed by atoms with E-state index < -0.39 is 4.92 Å². The summed E-state index contributed by atoms with van der Waals surface area (Å²) in [4.78, 5) is 21.8.